The molecule has 0 aliphatic carbocycles. The van der Waals surface area contributed by atoms with Crippen molar-refractivity contribution in [2.75, 3.05) is 20.2 Å². The van der Waals surface area contributed by atoms with Crippen LogP contribution in [-0.4, -0.2) is 45.8 Å². The van der Waals surface area contributed by atoms with Gasteiger partial charge in [-0.25, -0.2) is 4.98 Å². The van der Waals surface area contributed by atoms with Crippen molar-refractivity contribution in [3.05, 3.63) is 42.7 Å². The van der Waals surface area contributed by atoms with Gasteiger partial charge in [0.2, 0.25) is 0 Å². The summed E-state index contributed by atoms with van der Waals surface area (Å²) in [5, 5.41) is 4.95. The summed E-state index contributed by atoms with van der Waals surface area (Å²) in [5.41, 5.74) is 0.609. The van der Waals surface area contributed by atoms with Crippen LogP contribution in [0.4, 0.5) is 0 Å². The van der Waals surface area contributed by atoms with E-state index in [0.717, 1.165) is 11.9 Å². The third-order valence-electron chi connectivity index (χ3n) is 4.09. The molecule has 0 N–H and O–H groups in total. The van der Waals surface area contributed by atoms with Crippen LogP contribution in [0.5, 0.6) is 5.75 Å². The van der Waals surface area contributed by atoms with Crippen LogP contribution in [0.3, 0.4) is 0 Å². The van der Waals surface area contributed by atoms with Crippen molar-refractivity contribution in [3.8, 4) is 5.75 Å². The van der Waals surface area contributed by atoms with Crippen molar-refractivity contribution in [2.45, 2.75) is 6.54 Å². The van der Waals surface area contributed by atoms with E-state index >= 15 is 0 Å². The van der Waals surface area contributed by atoms with Gasteiger partial charge in [-0.3, -0.25) is 9.48 Å². The summed E-state index contributed by atoms with van der Waals surface area (Å²) in [6.45, 7) is 2.18. The molecule has 0 spiro atoms. The number of hydrogen-bond acceptors (Lipinski definition) is 5. The highest BCUT2D eigenvalue weighted by Crippen LogP contribution is 2.30. The van der Waals surface area contributed by atoms with Gasteiger partial charge in [0.1, 0.15) is 12.7 Å². The van der Waals surface area contributed by atoms with Crippen molar-refractivity contribution < 1.29 is 13.9 Å². The van der Waals surface area contributed by atoms with Crippen LogP contribution >= 0.6 is 0 Å². The van der Waals surface area contributed by atoms with Crippen molar-refractivity contribution >= 4 is 16.9 Å². The highest BCUT2D eigenvalue weighted by molar-refractivity contribution is 5.97. The molecular weight excluding hydrogens is 296 g/mol. The first-order valence-electron chi connectivity index (χ1n) is 7.43. The molecule has 0 radical (unpaired) electrons. The van der Waals surface area contributed by atoms with Crippen LogP contribution in [0.2, 0.25) is 0 Å². The Morgan fingerprint density at radius 3 is 3.04 bits per heavy atom. The first-order chi connectivity index (χ1) is 11.2. The van der Waals surface area contributed by atoms with E-state index in [2.05, 4.69) is 10.1 Å². The lowest BCUT2D eigenvalue weighted by molar-refractivity contribution is 0.0432. The fourth-order valence-corrected chi connectivity index (χ4v) is 2.90. The summed E-state index contributed by atoms with van der Waals surface area (Å²) in [6.07, 6.45) is 3.21. The zero-order chi connectivity index (χ0) is 15.8. The van der Waals surface area contributed by atoms with Crippen molar-refractivity contribution in [1.82, 2.24) is 19.7 Å². The smallest absolute Gasteiger partial charge is 0.289 e. The Bertz CT molecular complexity index is 834. The normalized spacial score (nSPS) is 14.9. The summed E-state index contributed by atoms with van der Waals surface area (Å²) in [7, 11) is 1.59. The van der Waals surface area contributed by atoms with Crippen LogP contribution in [-0.2, 0) is 6.54 Å². The second-order valence-corrected chi connectivity index (χ2v) is 5.68. The number of furan rings is 1. The maximum atomic E-state index is 12.5. The second kappa shape index (κ2) is 5.42. The molecule has 23 heavy (non-hydrogen) atoms. The summed E-state index contributed by atoms with van der Waals surface area (Å²) in [5.74, 6) is 1.30. The lowest BCUT2D eigenvalue weighted by Crippen LogP contribution is -2.51. The van der Waals surface area contributed by atoms with E-state index in [9.17, 15) is 4.79 Å². The molecule has 1 amide bonds. The van der Waals surface area contributed by atoms with Crippen molar-refractivity contribution in [3.63, 3.8) is 0 Å². The predicted molar refractivity (Wildman–Crippen MR) is 82.2 cm³/mol. The third kappa shape index (κ3) is 2.44. The molecule has 0 atom stereocenters. The SMILES string of the molecule is COc1cccc2cc(C(=O)N3CC(Cn4cncn4)C3)oc12. The molecule has 7 heteroatoms. The van der Waals surface area contributed by atoms with E-state index in [4.69, 9.17) is 9.15 Å². The molecule has 1 fully saturated rings. The van der Waals surface area contributed by atoms with Gasteiger partial charge in [0, 0.05) is 30.9 Å². The first-order valence-corrected chi connectivity index (χ1v) is 7.43. The summed E-state index contributed by atoms with van der Waals surface area (Å²) in [4.78, 5) is 18.2. The highest BCUT2D eigenvalue weighted by atomic mass is 16.5. The lowest BCUT2D eigenvalue weighted by atomic mass is 10.00. The van der Waals surface area contributed by atoms with Crippen molar-refractivity contribution in [2.24, 2.45) is 5.92 Å². The second-order valence-electron chi connectivity index (χ2n) is 5.68. The fourth-order valence-electron chi connectivity index (χ4n) is 2.90. The fraction of sp³-hybridized carbons (Fsp3) is 0.312. The monoisotopic (exact) mass is 312 g/mol. The Hall–Kier alpha value is -2.83. The quantitative estimate of drug-likeness (QED) is 0.734. The summed E-state index contributed by atoms with van der Waals surface area (Å²) in [6, 6.07) is 7.37. The number of rotatable bonds is 4. The average molecular weight is 312 g/mol. The zero-order valence-electron chi connectivity index (χ0n) is 12.7. The van der Waals surface area contributed by atoms with E-state index in [1.807, 2.05) is 18.2 Å². The molecule has 2 aromatic heterocycles. The molecule has 7 nitrogen and oxygen atoms in total. The third-order valence-corrected chi connectivity index (χ3v) is 4.09. The first kappa shape index (κ1) is 13.8. The number of aromatic nitrogens is 3. The topological polar surface area (TPSA) is 73.4 Å². The number of para-hydroxylation sites is 1. The number of hydrogen-bond donors (Lipinski definition) is 0. The minimum atomic E-state index is -0.0851. The standard InChI is InChI=1S/C16H16N4O3/c1-22-13-4-2-3-12-5-14(23-15(12)13)16(21)19-6-11(7-19)8-20-10-17-9-18-20/h2-5,9-11H,6-8H2,1H3. The number of fused-ring (bicyclic) bond motifs is 1. The largest absolute Gasteiger partial charge is 0.493 e. The molecule has 0 saturated carbocycles. The Labute approximate surface area is 132 Å². The molecule has 3 heterocycles. The Balaban J connectivity index is 1.46. The van der Waals surface area contributed by atoms with Crippen LogP contribution in [0, 0.1) is 5.92 Å². The van der Waals surface area contributed by atoms with Gasteiger partial charge in [-0.15, -0.1) is 0 Å². The molecule has 1 saturated heterocycles. The molecule has 1 aromatic carbocycles. The number of nitrogens with zero attached hydrogens (tertiary/aromatic N) is 4. The van der Waals surface area contributed by atoms with Gasteiger partial charge in [-0.05, 0) is 12.1 Å². The molecule has 1 aliphatic rings. The van der Waals surface area contributed by atoms with E-state index in [1.165, 1.54) is 6.33 Å². The molecule has 0 bridgehead atoms. The molecule has 1 aliphatic heterocycles. The maximum absolute atomic E-state index is 12.5. The van der Waals surface area contributed by atoms with Gasteiger partial charge in [-0.2, -0.15) is 5.10 Å². The molecule has 118 valence electrons. The van der Waals surface area contributed by atoms with Gasteiger partial charge in [-0.1, -0.05) is 12.1 Å². The molecule has 0 unspecified atom stereocenters. The number of ether oxygens (including phenoxy) is 1. The molecular formula is C16H16N4O3. The molecule has 4 rings (SSSR count). The number of methoxy groups -OCH3 is 1. The van der Waals surface area contributed by atoms with Crippen LogP contribution < -0.4 is 4.74 Å². The Kier molecular flexibility index (Phi) is 3.25. The van der Waals surface area contributed by atoms with E-state index in [0.29, 0.717) is 36.1 Å². The Morgan fingerprint density at radius 2 is 2.30 bits per heavy atom. The van der Waals surface area contributed by atoms with Gasteiger partial charge >= 0.3 is 0 Å². The highest BCUT2D eigenvalue weighted by Gasteiger charge is 2.33. The number of carbonyl (C=O) groups excluding carboxylic acids is 1. The van der Waals surface area contributed by atoms with E-state index in [-0.39, 0.29) is 5.91 Å². The van der Waals surface area contributed by atoms with Crippen LogP contribution in [0.15, 0.2) is 41.3 Å². The predicted octanol–water partition coefficient (Wildman–Crippen LogP) is 1.81. The minimum absolute atomic E-state index is 0.0851. The number of amides is 1. The lowest BCUT2D eigenvalue weighted by Gasteiger charge is -2.38. The Morgan fingerprint density at radius 1 is 1.43 bits per heavy atom. The zero-order valence-corrected chi connectivity index (χ0v) is 12.7. The van der Waals surface area contributed by atoms with Gasteiger partial charge in [0.15, 0.2) is 17.1 Å². The van der Waals surface area contributed by atoms with Gasteiger partial charge in [0.25, 0.3) is 5.91 Å². The summed E-state index contributed by atoms with van der Waals surface area (Å²) < 4.78 is 12.8. The van der Waals surface area contributed by atoms with E-state index in [1.54, 1.807) is 29.1 Å². The summed E-state index contributed by atoms with van der Waals surface area (Å²) >= 11 is 0. The molecule has 3 aromatic rings. The number of likely N-dealkylation sites (tertiary alicyclic amines) is 1. The average Bonchev–Trinajstić information content (AvgIpc) is 3.18. The number of benzene rings is 1. The van der Waals surface area contributed by atoms with Crippen LogP contribution in [0.1, 0.15) is 10.6 Å². The van der Waals surface area contributed by atoms with Gasteiger partial charge in [0.05, 0.1) is 7.11 Å². The number of carbonyl (C=O) groups is 1. The van der Waals surface area contributed by atoms with E-state index < -0.39 is 0 Å². The van der Waals surface area contributed by atoms with Gasteiger partial charge < -0.3 is 14.1 Å². The maximum Gasteiger partial charge on any atom is 0.289 e. The van der Waals surface area contributed by atoms with Crippen LogP contribution in [0.25, 0.3) is 11.0 Å². The minimum Gasteiger partial charge on any atom is -0.493 e. The van der Waals surface area contributed by atoms with Crippen molar-refractivity contribution in [1.29, 1.82) is 0 Å².